The van der Waals surface area contributed by atoms with Crippen molar-refractivity contribution in [2.75, 3.05) is 50.7 Å². The number of hydrogen-bond donors (Lipinski definition) is 1. The molecule has 146 valence electrons. The summed E-state index contributed by atoms with van der Waals surface area (Å²) in [4.78, 5) is 7.58. The molecule has 0 radical (unpaired) electrons. The second kappa shape index (κ2) is 8.42. The Hall–Kier alpha value is -1.89. The standard InChI is InChI=1S/C21H31N5O/c1-2-26-21-8-9-24(16-19(21)20(17-27)22-26)11-10-23-12-14-25(15-13-23)18-6-4-3-5-7-18/h3-7,27H,2,8-17H2,1H3. The summed E-state index contributed by atoms with van der Waals surface area (Å²) in [7, 11) is 0. The zero-order chi connectivity index (χ0) is 18.6. The van der Waals surface area contributed by atoms with Crippen molar-refractivity contribution in [1.82, 2.24) is 19.6 Å². The molecule has 1 aromatic carbocycles. The molecule has 2 aliphatic rings. The van der Waals surface area contributed by atoms with Gasteiger partial charge in [0, 0.05) is 82.3 Å². The molecule has 3 heterocycles. The van der Waals surface area contributed by atoms with E-state index in [0.717, 1.165) is 71.0 Å². The van der Waals surface area contributed by atoms with Crippen LogP contribution in [0.25, 0.3) is 0 Å². The van der Waals surface area contributed by atoms with E-state index < -0.39 is 0 Å². The van der Waals surface area contributed by atoms with E-state index in [1.54, 1.807) is 0 Å². The molecule has 4 rings (SSSR count). The summed E-state index contributed by atoms with van der Waals surface area (Å²) in [5.41, 5.74) is 4.80. The molecule has 0 unspecified atom stereocenters. The average Bonchev–Trinajstić information content (AvgIpc) is 3.10. The predicted molar refractivity (Wildman–Crippen MR) is 108 cm³/mol. The van der Waals surface area contributed by atoms with E-state index in [0.29, 0.717) is 0 Å². The average molecular weight is 370 g/mol. The van der Waals surface area contributed by atoms with E-state index in [-0.39, 0.29) is 6.61 Å². The summed E-state index contributed by atoms with van der Waals surface area (Å²) in [6, 6.07) is 10.7. The molecule has 6 nitrogen and oxygen atoms in total. The van der Waals surface area contributed by atoms with Gasteiger partial charge in [-0.3, -0.25) is 14.5 Å². The molecule has 1 fully saturated rings. The summed E-state index contributed by atoms with van der Waals surface area (Å²) in [6.07, 6.45) is 1.04. The number of anilines is 1. The quantitative estimate of drug-likeness (QED) is 0.838. The zero-order valence-corrected chi connectivity index (χ0v) is 16.3. The highest BCUT2D eigenvalue weighted by Gasteiger charge is 2.25. The highest BCUT2D eigenvalue weighted by atomic mass is 16.3. The molecular weight excluding hydrogens is 338 g/mol. The van der Waals surface area contributed by atoms with Crippen LogP contribution in [0.15, 0.2) is 30.3 Å². The van der Waals surface area contributed by atoms with Crippen LogP contribution in [0.1, 0.15) is 23.9 Å². The third-order valence-corrected chi connectivity index (χ3v) is 5.97. The number of aromatic nitrogens is 2. The van der Waals surface area contributed by atoms with E-state index in [1.807, 2.05) is 0 Å². The van der Waals surface area contributed by atoms with Crippen molar-refractivity contribution < 1.29 is 5.11 Å². The van der Waals surface area contributed by atoms with Crippen LogP contribution in [0.4, 0.5) is 5.69 Å². The highest BCUT2D eigenvalue weighted by Crippen LogP contribution is 2.23. The fraction of sp³-hybridized carbons (Fsp3) is 0.571. The third kappa shape index (κ3) is 4.03. The molecule has 1 saturated heterocycles. The van der Waals surface area contributed by atoms with Crippen molar-refractivity contribution >= 4 is 5.69 Å². The van der Waals surface area contributed by atoms with Gasteiger partial charge in [0.05, 0.1) is 12.3 Å². The minimum absolute atomic E-state index is 0.0462. The van der Waals surface area contributed by atoms with Crippen molar-refractivity contribution in [2.24, 2.45) is 0 Å². The van der Waals surface area contributed by atoms with Gasteiger partial charge in [-0.1, -0.05) is 18.2 Å². The normalized spacial score (nSPS) is 18.7. The minimum Gasteiger partial charge on any atom is -0.390 e. The zero-order valence-electron chi connectivity index (χ0n) is 16.3. The maximum absolute atomic E-state index is 9.63. The van der Waals surface area contributed by atoms with Crippen molar-refractivity contribution in [3.8, 4) is 0 Å². The number of benzene rings is 1. The van der Waals surface area contributed by atoms with Gasteiger partial charge < -0.3 is 10.0 Å². The predicted octanol–water partition coefficient (Wildman–Crippen LogP) is 1.58. The number of aryl methyl sites for hydroxylation is 1. The lowest BCUT2D eigenvalue weighted by Gasteiger charge is -2.37. The number of rotatable bonds is 6. The number of aliphatic hydroxyl groups excluding tert-OH is 1. The van der Waals surface area contributed by atoms with Crippen LogP contribution in [0.5, 0.6) is 0 Å². The Bertz CT molecular complexity index is 737. The van der Waals surface area contributed by atoms with Crippen molar-refractivity contribution in [3.05, 3.63) is 47.3 Å². The molecule has 0 saturated carbocycles. The lowest BCUT2D eigenvalue weighted by molar-refractivity contribution is 0.184. The van der Waals surface area contributed by atoms with Crippen molar-refractivity contribution in [3.63, 3.8) is 0 Å². The fourth-order valence-electron chi connectivity index (χ4n) is 4.35. The molecule has 6 heteroatoms. The molecule has 0 aliphatic carbocycles. The topological polar surface area (TPSA) is 47.8 Å². The van der Waals surface area contributed by atoms with Crippen LogP contribution in [-0.2, 0) is 26.1 Å². The van der Waals surface area contributed by atoms with Gasteiger partial charge in [0.2, 0.25) is 0 Å². The van der Waals surface area contributed by atoms with Crippen molar-refractivity contribution in [1.29, 1.82) is 0 Å². The molecule has 0 spiro atoms. The highest BCUT2D eigenvalue weighted by molar-refractivity contribution is 5.46. The molecular formula is C21H31N5O. The first-order valence-corrected chi connectivity index (χ1v) is 10.2. The van der Waals surface area contributed by atoms with E-state index in [9.17, 15) is 5.11 Å². The maximum Gasteiger partial charge on any atom is 0.0926 e. The van der Waals surface area contributed by atoms with Gasteiger partial charge >= 0.3 is 0 Å². The van der Waals surface area contributed by atoms with Crippen LogP contribution in [0, 0.1) is 0 Å². The van der Waals surface area contributed by atoms with Crippen LogP contribution in [0.2, 0.25) is 0 Å². The van der Waals surface area contributed by atoms with Gasteiger partial charge in [-0.25, -0.2) is 0 Å². The van der Waals surface area contributed by atoms with E-state index in [4.69, 9.17) is 0 Å². The Kier molecular flexibility index (Phi) is 5.76. The Morgan fingerprint density at radius 1 is 0.963 bits per heavy atom. The summed E-state index contributed by atoms with van der Waals surface area (Å²) < 4.78 is 2.07. The number of fused-ring (bicyclic) bond motifs is 1. The molecule has 27 heavy (non-hydrogen) atoms. The SMILES string of the molecule is CCn1nc(CO)c2c1CCN(CCN1CCN(c3ccccc3)CC1)C2. The first-order chi connectivity index (χ1) is 13.3. The number of nitrogens with zero attached hydrogens (tertiary/aromatic N) is 5. The number of piperazine rings is 1. The second-order valence-electron chi connectivity index (χ2n) is 7.54. The summed E-state index contributed by atoms with van der Waals surface area (Å²) in [5, 5.41) is 14.2. The number of para-hydroxylation sites is 1. The first kappa shape index (κ1) is 18.5. The molecule has 1 aromatic heterocycles. The Labute approximate surface area is 162 Å². The first-order valence-electron chi connectivity index (χ1n) is 10.2. The van der Waals surface area contributed by atoms with E-state index >= 15 is 0 Å². The molecule has 2 aromatic rings. The maximum atomic E-state index is 9.63. The summed E-state index contributed by atoms with van der Waals surface area (Å²) in [6.45, 7) is 11.7. The lowest BCUT2D eigenvalue weighted by atomic mass is 10.1. The monoisotopic (exact) mass is 369 g/mol. The molecule has 0 atom stereocenters. The van der Waals surface area contributed by atoms with Gasteiger partial charge in [-0.05, 0) is 19.1 Å². The van der Waals surface area contributed by atoms with Gasteiger partial charge in [-0.15, -0.1) is 0 Å². The van der Waals surface area contributed by atoms with Crippen LogP contribution in [0.3, 0.4) is 0 Å². The van der Waals surface area contributed by atoms with Crippen LogP contribution >= 0.6 is 0 Å². The van der Waals surface area contributed by atoms with Crippen LogP contribution in [-0.4, -0.2) is 70.5 Å². The van der Waals surface area contributed by atoms with Gasteiger partial charge in [-0.2, -0.15) is 5.10 Å². The Morgan fingerprint density at radius 2 is 1.70 bits per heavy atom. The van der Waals surface area contributed by atoms with Gasteiger partial charge in [0.25, 0.3) is 0 Å². The van der Waals surface area contributed by atoms with E-state index in [2.05, 4.69) is 61.7 Å². The Morgan fingerprint density at radius 3 is 2.41 bits per heavy atom. The summed E-state index contributed by atoms with van der Waals surface area (Å²) >= 11 is 0. The lowest BCUT2D eigenvalue weighted by Crippen LogP contribution is -2.48. The number of hydrogen-bond acceptors (Lipinski definition) is 5. The molecule has 0 amide bonds. The smallest absolute Gasteiger partial charge is 0.0926 e. The molecule has 0 bridgehead atoms. The molecule has 2 aliphatic heterocycles. The van der Waals surface area contributed by atoms with Crippen LogP contribution < -0.4 is 4.90 Å². The third-order valence-electron chi connectivity index (χ3n) is 5.97. The molecule has 1 N–H and O–H groups in total. The largest absolute Gasteiger partial charge is 0.390 e. The second-order valence-corrected chi connectivity index (χ2v) is 7.54. The van der Waals surface area contributed by atoms with Gasteiger partial charge in [0.1, 0.15) is 0 Å². The van der Waals surface area contributed by atoms with Gasteiger partial charge in [0.15, 0.2) is 0 Å². The Balaban J connectivity index is 1.28. The number of aliphatic hydroxyl groups is 1. The minimum atomic E-state index is 0.0462. The van der Waals surface area contributed by atoms with E-state index in [1.165, 1.54) is 16.9 Å². The summed E-state index contributed by atoms with van der Waals surface area (Å²) in [5.74, 6) is 0. The fourth-order valence-corrected chi connectivity index (χ4v) is 4.35. The van der Waals surface area contributed by atoms with Crippen molar-refractivity contribution in [2.45, 2.75) is 33.0 Å².